The summed E-state index contributed by atoms with van der Waals surface area (Å²) in [5.41, 5.74) is 3.53. The minimum atomic E-state index is -0.0939. The lowest BCUT2D eigenvalue weighted by atomic mass is 10.1. The van der Waals surface area contributed by atoms with Crippen LogP contribution in [0.25, 0.3) is 11.4 Å². The third-order valence-electron chi connectivity index (χ3n) is 3.79. The average Bonchev–Trinajstić information content (AvgIpc) is 3.05. The van der Waals surface area contributed by atoms with E-state index >= 15 is 0 Å². The summed E-state index contributed by atoms with van der Waals surface area (Å²) in [7, 11) is 0. The molecular weight excluding hydrogens is 370 g/mol. The number of carbonyl (C=O) groups is 1. The molecule has 1 amide bonds. The van der Waals surface area contributed by atoms with E-state index < -0.39 is 0 Å². The van der Waals surface area contributed by atoms with E-state index in [2.05, 4.69) is 15.5 Å². The van der Waals surface area contributed by atoms with Gasteiger partial charge in [0.05, 0.1) is 5.71 Å². The molecule has 0 fully saturated rings. The van der Waals surface area contributed by atoms with Crippen molar-refractivity contribution in [1.82, 2.24) is 14.9 Å². The molecule has 0 spiro atoms. The van der Waals surface area contributed by atoms with Gasteiger partial charge in [-0.2, -0.15) is 9.78 Å². The van der Waals surface area contributed by atoms with Gasteiger partial charge >= 0.3 is 0 Å². The maximum atomic E-state index is 11.1. The van der Waals surface area contributed by atoms with E-state index in [1.54, 1.807) is 16.4 Å². The minimum absolute atomic E-state index is 0.0939. The quantitative estimate of drug-likeness (QED) is 0.744. The molecule has 1 aliphatic rings. The number of carbonyl (C=O) groups excluding carboxylic acids is 1. The molecule has 2 aromatic carbocycles. The number of rotatable bonds is 3. The molecule has 0 aliphatic carbocycles. The van der Waals surface area contributed by atoms with Crippen molar-refractivity contribution in [2.75, 3.05) is 11.1 Å². The number of nitrogens with one attached hydrogen (secondary N) is 1. The van der Waals surface area contributed by atoms with E-state index in [0.29, 0.717) is 16.6 Å². The van der Waals surface area contributed by atoms with Gasteiger partial charge in [0.1, 0.15) is 0 Å². The molecule has 0 bridgehead atoms. The Morgan fingerprint density at radius 3 is 2.69 bits per heavy atom. The van der Waals surface area contributed by atoms with Crippen LogP contribution in [0.5, 0.6) is 0 Å². The Labute approximate surface area is 159 Å². The van der Waals surface area contributed by atoms with Gasteiger partial charge in [-0.3, -0.25) is 4.79 Å². The fraction of sp³-hybridized carbons (Fsp3) is 0.111. The fourth-order valence-electron chi connectivity index (χ4n) is 2.63. The molecule has 130 valence electrons. The molecule has 1 aromatic heterocycles. The van der Waals surface area contributed by atoms with E-state index in [4.69, 9.17) is 16.7 Å². The largest absolute Gasteiger partial charge is 0.326 e. The number of aromatic nitrogens is 3. The zero-order chi connectivity index (χ0) is 18.1. The molecule has 6 nitrogen and oxygen atoms in total. The summed E-state index contributed by atoms with van der Waals surface area (Å²) >= 11 is 7.67. The zero-order valence-corrected chi connectivity index (χ0v) is 15.4. The van der Waals surface area contributed by atoms with Crippen LogP contribution in [0.15, 0.2) is 58.8 Å². The monoisotopic (exact) mass is 383 g/mol. The molecule has 1 aliphatic heterocycles. The molecule has 0 saturated carbocycles. The SMILES string of the molecule is CC(=O)Nc1ccc(C2=Nn3c(nnc3-c3cccc(Cl)c3)SC2)cc1. The Morgan fingerprint density at radius 2 is 1.96 bits per heavy atom. The fourth-order valence-corrected chi connectivity index (χ4v) is 3.65. The van der Waals surface area contributed by atoms with E-state index in [9.17, 15) is 4.79 Å². The van der Waals surface area contributed by atoms with Crippen LogP contribution >= 0.6 is 23.4 Å². The van der Waals surface area contributed by atoms with Gasteiger partial charge in [0.2, 0.25) is 11.1 Å². The van der Waals surface area contributed by atoms with Gasteiger partial charge in [-0.05, 0) is 29.8 Å². The van der Waals surface area contributed by atoms with Gasteiger partial charge in [0.15, 0.2) is 5.82 Å². The predicted octanol–water partition coefficient (Wildman–Crippen LogP) is 3.92. The molecule has 26 heavy (non-hydrogen) atoms. The van der Waals surface area contributed by atoms with Crippen molar-refractivity contribution in [2.24, 2.45) is 5.10 Å². The van der Waals surface area contributed by atoms with Crippen LogP contribution in [0.1, 0.15) is 12.5 Å². The molecule has 0 unspecified atom stereocenters. The highest BCUT2D eigenvalue weighted by molar-refractivity contribution is 7.99. The third kappa shape index (κ3) is 3.36. The van der Waals surface area contributed by atoms with E-state index in [1.807, 2.05) is 48.5 Å². The van der Waals surface area contributed by atoms with Crippen molar-refractivity contribution in [3.8, 4) is 11.4 Å². The van der Waals surface area contributed by atoms with Crippen LogP contribution in [0.2, 0.25) is 5.02 Å². The molecule has 8 heteroatoms. The predicted molar refractivity (Wildman–Crippen MR) is 104 cm³/mol. The minimum Gasteiger partial charge on any atom is -0.326 e. The normalized spacial score (nSPS) is 13.1. The average molecular weight is 384 g/mol. The van der Waals surface area contributed by atoms with Crippen molar-refractivity contribution in [2.45, 2.75) is 12.1 Å². The first-order valence-corrected chi connectivity index (χ1v) is 9.26. The highest BCUT2D eigenvalue weighted by Crippen LogP contribution is 2.29. The Kier molecular flexibility index (Phi) is 4.48. The Hall–Kier alpha value is -2.64. The van der Waals surface area contributed by atoms with Crippen LogP contribution in [-0.4, -0.2) is 32.2 Å². The van der Waals surface area contributed by atoms with Gasteiger partial charge in [0.25, 0.3) is 0 Å². The van der Waals surface area contributed by atoms with Gasteiger partial charge in [-0.1, -0.05) is 47.6 Å². The summed E-state index contributed by atoms with van der Waals surface area (Å²) in [5, 5.41) is 17.4. The lowest BCUT2D eigenvalue weighted by Gasteiger charge is -2.14. The maximum Gasteiger partial charge on any atom is 0.221 e. The Balaban J connectivity index is 1.69. The summed E-state index contributed by atoms with van der Waals surface area (Å²) in [4.78, 5) is 11.1. The molecule has 4 rings (SSSR count). The summed E-state index contributed by atoms with van der Waals surface area (Å²) < 4.78 is 1.75. The van der Waals surface area contributed by atoms with Crippen LogP contribution < -0.4 is 5.32 Å². The molecule has 0 radical (unpaired) electrons. The molecule has 0 atom stereocenters. The number of anilines is 1. The molecule has 1 N–H and O–H groups in total. The highest BCUT2D eigenvalue weighted by Gasteiger charge is 2.20. The number of hydrogen-bond acceptors (Lipinski definition) is 5. The van der Waals surface area contributed by atoms with Gasteiger partial charge in [-0.15, -0.1) is 10.2 Å². The van der Waals surface area contributed by atoms with E-state index in [0.717, 1.165) is 27.7 Å². The Bertz CT molecular complexity index is 1010. The number of thioether (sulfide) groups is 1. The zero-order valence-electron chi connectivity index (χ0n) is 13.8. The first kappa shape index (κ1) is 16.8. The van der Waals surface area contributed by atoms with E-state index in [1.165, 1.54) is 6.92 Å². The summed E-state index contributed by atoms with van der Waals surface area (Å²) in [5.74, 6) is 1.26. The van der Waals surface area contributed by atoms with Crippen molar-refractivity contribution in [3.05, 3.63) is 59.1 Å². The number of amides is 1. The molecule has 0 saturated heterocycles. The smallest absolute Gasteiger partial charge is 0.221 e. The van der Waals surface area contributed by atoms with Crippen LogP contribution in [-0.2, 0) is 4.79 Å². The van der Waals surface area contributed by atoms with Gasteiger partial charge < -0.3 is 5.32 Å². The van der Waals surface area contributed by atoms with Crippen molar-refractivity contribution < 1.29 is 4.79 Å². The summed E-state index contributed by atoms with van der Waals surface area (Å²) in [6, 6.07) is 15.1. The topological polar surface area (TPSA) is 72.2 Å². The second-order valence-corrected chi connectivity index (χ2v) is 7.10. The number of hydrogen-bond donors (Lipinski definition) is 1. The van der Waals surface area contributed by atoms with Crippen molar-refractivity contribution in [3.63, 3.8) is 0 Å². The second-order valence-electron chi connectivity index (χ2n) is 5.72. The molecule has 2 heterocycles. The first-order chi connectivity index (χ1) is 12.6. The van der Waals surface area contributed by atoms with E-state index in [-0.39, 0.29) is 5.91 Å². The second kappa shape index (κ2) is 6.93. The summed E-state index contributed by atoms with van der Waals surface area (Å²) in [6.07, 6.45) is 0. The molecular formula is C18H14ClN5OS. The first-order valence-electron chi connectivity index (χ1n) is 7.90. The standard InChI is InChI=1S/C18H14ClN5OS/c1-11(25)20-15-7-5-12(6-8-15)16-10-26-18-22-21-17(24(18)23-16)13-3-2-4-14(19)9-13/h2-9H,10H2,1H3,(H,20,25). The lowest BCUT2D eigenvalue weighted by molar-refractivity contribution is -0.114. The number of nitrogens with zero attached hydrogens (tertiary/aromatic N) is 4. The van der Waals surface area contributed by atoms with Gasteiger partial charge in [-0.25, -0.2) is 0 Å². The van der Waals surface area contributed by atoms with Crippen LogP contribution in [0.4, 0.5) is 5.69 Å². The van der Waals surface area contributed by atoms with Crippen molar-refractivity contribution >= 4 is 40.7 Å². The Morgan fingerprint density at radius 1 is 1.15 bits per heavy atom. The lowest BCUT2D eigenvalue weighted by Crippen LogP contribution is -2.14. The maximum absolute atomic E-state index is 11.1. The molecule has 3 aromatic rings. The third-order valence-corrected chi connectivity index (χ3v) is 4.96. The number of fused-ring (bicyclic) bond motifs is 1. The number of halogens is 1. The summed E-state index contributed by atoms with van der Waals surface area (Å²) in [6.45, 7) is 1.49. The van der Waals surface area contributed by atoms with Crippen LogP contribution in [0.3, 0.4) is 0 Å². The van der Waals surface area contributed by atoms with Gasteiger partial charge in [0, 0.05) is 29.0 Å². The highest BCUT2D eigenvalue weighted by atomic mass is 35.5. The number of benzene rings is 2. The van der Waals surface area contributed by atoms with Crippen molar-refractivity contribution in [1.29, 1.82) is 0 Å². The van der Waals surface area contributed by atoms with Crippen LogP contribution in [0, 0.1) is 0 Å².